The third-order valence-electron chi connectivity index (χ3n) is 3.89. The minimum Gasteiger partial charge on any atom is -0.466 e. The Morgan fingerprint density at radius 1 is 1.15 bits per heavy atom. The smallest absolute Gasteiger partial charge is 0.225 e. The van der Waals surface area contributed by atoms with Crippen LogP contribution in [-0.4, -0.2) is 43.2 Å². The summed E-state index contributed by atoms with van der Waals surface area (Å²) in [4.78, 5) is 16.3. The Morgan fingerprint density at radius 3 is 2.22 bits per heavy atom. The van der Waals surface area contributed by atoms with Gasteiger partial charge in [-0.2, -0.15) is 0 Å². The van der Waals surface area contributed by atoms with Crippen molar-refractivity contribution in [2.45, 2.75) is 54.1 Å². The van der Waals surface area contributed by atoms with E-state index in [0.29, 0.717) is 31.4 Å². The van der Waals surface area contributed by atoms with Crippen LogP contribution in [-0.2, 0) is 10.4 Å². The highest BCUT2D eigenvalue weighted by molar-refractivity contribution is 14.0. The number of hydrogen-bond acceptors (Lipinski definition) is 4. The molecule has 0 aromatic carbocycles. The summed E-state index contributed by atoms with van der Waals surface area (Å²) in [5.74, 6) is 2.07. The van der Waals surface area contributed by atoms with Gasteiger partial charge in [-0.1, -0.05) is 20.8 Å². The number of halogens is 1. The molecule has 0 fully saturated rings. The zero-order valence-corrected chi connectivity index (χ0v) is 19.9. The standard InChI is InChI=1S/C19H34N4O3.HI/c1-8-20-17(22-10-9-21-16(24)18(4,5)6)23-12-19(7,25)15-11-13(2)26-14(15)3;/h11,25H,8-10,12H2,1-7H3,(H,21,24)(H2,20,22,23);1H. The molecule has 156 valence electrons. The molecule has 0 spiro atoms. The highest BCUT2D eigenvalue weighted by Crippen LogP contribution is 2.27. The molecule has 1 heterocycles. The Bertz CT molecular complexity index is 633. The molecular weight excluding hydrogens is 459 g/mol. The predicted octanol–water partition coefficient (Wildman–Crippen LogP) is 2.44. The van der Waals surface area contributed by atoms with Crippen molar-refractivity contribution in [3.8, 4) is 0 Å². The van der Waals surface area contributed by atoms with Gasteiger partial charge in [0.2, 0.25) is 5.91 Å². The largest absolute Gasteiger partial charge is 0.466 e. The summed E-state index contributed by atoms with van der Waals surface area (Å²) in [5, 5.41) is 19.9. The molecular formula is C19H35IN4O3. The molecule has 1 rings (SSSR count). The van der Waals surface area contributed by atoms with Crippen molar-refractivity contribution in [3.63, 3.8) is 0 Å². The van der Waals surface area contributed by atoms with Gasteiger partial charge in [0.15, 0.2) is 5.96 Å². The number of hydrogen-bond donors (Lipinski definition) is 4. The van der Waals surface area contributed by atoms with Gasteiger partial charge in [0.05, 0.1) is 6.54 Å². The highest BCUT2D eigenvalue weighted by atomic mass is 127. The second-order valence-corrected chi connectivity index (χ2v) is 7.73. The molecule has 0 aliphatic carbocycles. The maximum absolute atomic E-state index is 11.9. The number of furan rings is 1. The summed E-state index contributed by atoms with van der Waals surface area (Å²) in [7, 11) is 0. The van der Waals surface area contributed by atoms with Crippen LogP contribution in [0.4, 0.5) is 0 Å². The van der Waals surface area contributed by atoms with Crippen LogP contribution in [0.15, 0.2) is 15.5 Å². The molecule has 1 amide bonds. The van der Waals surface area contributed by atoms with E-state index in [1.807, 2.05) is 47.6 Å². The van der Waals surface area contributed by atoms with Crippen molar-refractivity contribution in [3.05, 3.63) is 23.2 Å². The average Bonchev–Trinajstić information content (AvgIpc) is 2.87. The Labute approximate surface area is 179 Å². The van der Waals surface area contributed by atoms with Crippen LogP contribution in [0.25, 0.3) is 0 Å². The first-order chi connectivity index (χ1) is 12.0. The van der Waals surface area contributed by atoms with E-state index < -0.39 is 11.0 Å². The van der Waals surface area contributed by atoms with Crippen molar-refractivity contribution < 1.29 is 14.3 Å². The second kappa shape index (κ2) is 10.9. The number of aryl methyl sites for hydroxylation is 2. The van der Waals surface area contributed by atoms with E-state index in [9.17, 15) is 9.90 Å². The molecule has 1 unspecified atom stereocenters. The Balaban J connectivity index is 0.00000676. The van der Waals surface area contributed by atoms with Crippen molar-refractivity contribution in [1.82, 2.24) is 16.0 Å². The Kier molecular flexibility index (Phi) is 10.4. The molecule has 4 N–H and O–H groups in total. The highest BCUT2D eigenvalue weighted by Gasteiger charge is 2.27. The average molecular weight is 494 g/mol. The molecule has 0 radical (unpaired) electrons. The molecule has 1 aromatic rings. The van der Waals surface area contributed by atoms with E-state index in [4.69, 9.17) is 4.42 Å². The van der Waals surface area contributed by atoms with Crippen LogP contribution in [0.5, 0.6) is 0 Å². The predicted molar refractivity (Wildman–Crippen MR) is 120 cm³/mol. The fourth-order valence-electron chi connectivity index (χ4n) is 2.45. The van der Waals surface area contributed by atoms with E-state index in [2.05, 4.69) is 20.9 Å². The van der Waals surface area contributed by atoms with Gasteiger partial charge in [-0.15, -0.1) is 24.0 Å². The maximum Gasteiger partial charge on any atom is 0.225 e. The third-order valence-corrected chi connectivity index (χ3v) is 3.89. The third kappa shape index (κ3) is 8.50. The zero-order valence-electron chi connectivity index (χ0n) is 17.5. The van der Waals surface area contributed by atoms with Crippen LogP contribution < -0.4 is 16.0 Å². The minimum atomic E-state index is -1.12. The lowest BCUT2D eigenvalue weighted by Crippen LogP contribution is -2.44. The fourth-order valence-corrected chi connectivity index (χ4v) is 2.45. The van der Waals surface area contributed by atoms with Crippen LogP contribution in [0.2, 0.25) is 0 Å². The van der Waals surface area contributed by atoms with Gasteiger partial charge in [-0.25, -0.2) is 4.99 Å². The summed E-state index contributed by atoms with van der Waals surface area (Å²) in [6.45, 7) is 14.9. The number of aliphatic imine (C=N–C) groups is 1. The number of rotatable bonds is 7. The quantitative estimate of drug-likeness (QED) is 0.202. The first-order valence-corrected chi connectivity index (χ1v) is 9.07. The summed E-state index contributed by atoms with van der Waals surface area (Å²) < 4.78 is 5.50. The number of carbonyl (C=O) groups is 1. The molecule has 1 aromatic heterocycles. The number of aliphatic hydroxyl groups is 1. The number of carbonyl (C=O) groups excluding carboxylic acids is 1. The van der Waals surface area contributed by atoms with Gasteiger partial charge in [0.1, 0.15) is 17.1 Å². The topological polar surface area (TPSA) is 98.9 Å². The van der Waals surface area contributed by atoms with Gasteiger partial charge >= 0.3 is 0 Å². The summed E-state index contributed by atoms with van der Waals surface area (Å²) >= 11 is 0. The number of amides is 1. The maximum atomic E-state index is 11.9. The second-order valence-electron chi connectivity index (χ2n) is 7.73. The van der Waals surface area contributed by atoms with Crippen LogP contribution >= 0.6 is 24.0 Å². The number of nitrogens with zero attached hydrogens (tertiary/aromatic N) is 1. The summed E-state index contributed by atoms with van der Waals surface area (Å²) in [6, 6.07) is 1.84. The zero-order chi connectivity index (χ0) is 20.0. The summed E-state index contributed by atoms with van der Waals surface area (Å²) in [6.07, 6.45) is 0. The molecule has 1 atom stereocenters. The fraction of sp³-hybridized carbons (Fsp3) is 0.684. The van der Waals surface area contributed by atoms with Crippen molar-refractivity contribution in [1.29, 1.82) is 0 Å². The summed E-state index contributed by atoms with van der Waals surface area (Å²) in [5.41, 5.74) is -0.783. The molecule has 8 heteroatoms. The van der Waals surface area contributed by atoms with E-state index >= 15 is 0 Å². The van der Waals surface area contributed by atoms with Gasteiger partial charge in [-0.3, -0.25) is 4.79 Å². The van der Waals surface area contributed by atoms with Crippen molar-refractivity contribution >= 4 is 35.8 Å². The number of nitrogens with one attached hydrogen (secondary N) is 3. The van der Waals surface area contributed by atoms with Gasteiger partial charge in [0, 0.05) is 30.6 Å². The monoisotopic (exact) mass is 494 g/mol. The van der Waals surface area contributed by atoms with Gasteiger partial charge in [0.25, 0.3) is 0 Å². The van der Waals surface area contributed by atoms with E-state index in [-0.39, 0.29) is 36.4 Å². The minimum absolute atomic E-state index is 0. The lowest BCUT2D eigenvalue weighted by Gasteiger charge is -2.22. The van der Waals surface area contributed by atoms with Crippen LogP contribution in [0, 0.1) is 19.3 Å². The lowest BCUT2D eigenvalue weighted by molar-refractivity contribution is -0.128. The molecule has 0 aliphatic rings. The van der Waals surface area contributed by atoms with E-state index in [0.717, 1.165) is 11.3 Å². The molecule has 0 bridgehead atoms. The Hall–Kier alpha value is -1.29. The van der Waals surface area contributed by atoms with Crippen molar-refractivity contribution in [2.24, 2.45) is 10.4 Å². The first kappa shape index (κ1) is 25.7. The molecule has 7 nitrogen and oxygen atoms in total. The van der Waals surface area contributed by atoms with E-state index in [1.54, 1.807) is 6.92 Å². The molecule has 27 heavy (non-hydrogen) atoms. The Morgan fingerprint density at radius 2 is 1.74 bits per heavy atom. The lowest BCUT2D eigenvalue weighted by atomic mass is 9.96. The van der Waals surface area contributed by atoms with E-state index in [1.165, 1.54) is 0 Å². The van der Waals surface area contributed by atoms with Gasteiger partial charge in [-0.05, 0) is 33.8 Å². The van der Waals surface area contributed by atoms with Gasteiger partial charge < -0.3 is 25.5 Å². The molecule has 0 saturated heterocycles. The molecule has 0 aliphatic heterocycles. The van der Waals surface area contributed by atoms with Crippen molar-refractivity contribution in [2.75, 3.05) is 26.2 Å². The van der Waals surface area contributed by atoms with Crippen LogP contribution in [0.3, 0.4) is 0 Å². The first-order valence-electron chi connectivity index (χ1n) is 9.07. The van der Waals surface area contributed by atoms with Crippen LogP contribution in [0.1, 0.15) is 51.7 Å². The molecule has 0 saturated carbocycles. The normalized spacial score (nSPS) is 14.1. The number of guanidine groups is 1. The SMILES string of the molecule is CCNC(=NCC(C)(O)c1cc(C)oc1C)NCCNC(=O)C(C)(C)C.I.